The Hall–Kier alpha value is -0.810. The maximum atomic E-state index is 11.4. The van der Waals surface area contributed by atoms with E-state index >= 15 is 0 Å². The molecule has 0 radical (unpaired) electrons. The van der Waals surface area contributed by atoms with Crippen LogP contribution >= 0.6 is 46.1 Å². The Morgan fingerprint density at radius 3 is 2.74 bits per heavy atom. The summed E-state index contributed by atoms with van der Waals surface area (Å²) in [7, 11) is 0. The highest BCUT2D eigenvalue weighted by molar-refractivity contribution is 7.14. The van der Waals surface area contributed by atoms with Crippen molar-refractivity contribution in [2.24, 2.45) is 0 Å². The monoisotopic (exact) mass is 334 g/mol. The van der Waals surface area contributed by atoms with Crippen LogP contribution in [0.4, 0.5) is 5.13 Å². The number of rotatable bonds is 3. The maximum absolute atomic E-state index is 11.4. The normalized spacial score (nSPS) is 12.2. The summed E-state index contributed by atoms with van der Waals surface area (Å²) in [6, 6.07) is 5.26. The number of halogens is 3. The van der Waals surface area contributed by atoms with Crippen molar-refractivity contribution in [3.05, 3.63) is 33.6 Å². The minimum absolute atomic E-state index is 0.281. The van der Waals surface area contributed by atoms with Crippen LogP contribution in [0.2, 0.25) is 10.0 Å². The van der Waals surface area contributed by atoms with E-state index in [2.05, 4.69) is 10.3 Å². The Morgan fingerprint density at radius 1 is 1.37 bits per heavy atom. The zero-order chi connectivity index (χ0) is 14.0. The van der Waals surface area contributed by atoms with Crippen LogP contribution in [0.3, 0.4) is 0 Å². The third-order valence-electron chi connectivity index (χ3n) is 2.31. The molecule has 3 nitrogen and oxygen atoms in total. The van der Waals surface area contributed by atoms with Gasteiger partial charge in [-0.05, 0) is 19.1 Å². The molecule has 19 heavy (non-hydrogen) atoms. The van der Waals surface area contributed by atoms with Gasteiger partial charge in [0, 0.05) is 10.9 Å². The number of benzene rings is 1. The number of thiazole rings is 1. The van der Waals surface area contributed by atoms with Crippen molar-refractivity contribution in [1.29, 1.82) is 0 Å². The van der Waals surface area contributed by atoms with Crippen LogP contribution in [-0.2, 0) is 4.79 Å². The quantitative estimate of drug-likeness (QED) is 0.827. The Morgan fingerprint density at radius 2 is 2.11 bits per heavy atom. The van der Waals surface area contributed by atoms with E-state index in [1.54, 1.807) is 19.1 Å². The molecule has 1 N–H and O–H groups in total. The van der Waals surface area contributed by atoms with Crippen LogP contribution in [0.25, 0.3) is 11.3 Å². The lowest BCUT2D eigenvalue weighted by molar-refractivity contribution is -0.115. The molecule has 0 unspecified atom stereocenters. The number of amides is 1. The van der Waals surface area contributed by atoms with Gasteiger partial charge in [-0.1, -0.05) is 29.3 Å². The number of anilines is 1. The number of carbonyl (C=O) groups is 1. The van der Waals surface area contributed by atoms with Gasteiger partial charge in [-0.2, -0.15) is 0 Å². The zero-order valence-corrected chi connectivity index (χ0v) is 12.9. The zero-order valence-electron chi connectivity index (χ0n) is 9.78. The lowest BCUT2D eigenvalue weighted by Crippen LogP contribution is -2.20. The second-order valence-corrected chi connectivity index (χ2v) is 6.10. The fraction of sp³-hybridized carbons (Fsp3) is 0.167. The molecule has 0 spiro atoms. The summed E-state index contributed by atoms with van der Waals surface area (Å²) >= 11 is 18.8. The van der Waals surface area contributed by atoms with Crippen molar-refractivity contribution in [1.82, 2.24) is 4.98 Å². The van der Waals surface area contributed by atoms with Crippen molar-refractivity contribution in [2.45, 2.75) is 12.3 Å². The van der Waals surface area contributed by atoms with Crippen LogP contribution in [-0.4, -0.2) is 16.3 Å². The second kappa shape index (κ2) is 6.09. The smallest absolute Gasteiger partial charge is 0.243 e. The molecule has 1 atom stereocenters. The molecule has 0 bridgehead atoms. The molecule has 0 fully saturated rings. The predicted octanol–water partition coefficient (Wildman–Crippen LogP) is 4.68. The Labute approximate surface area is 129 Å². The van der Waals surface area contributed by atoms with Gasteiger partial charge in [0.15, 0.2) is 5.13 Å². The Bertz CT molecular complexity index is 613. The van der Waals surface area contributed by atoms with Crippen molar-refractivity contribution in [2.75, 3.05) is 5.32 Å². The van der Waals surface area contributed by atoms with E-state index in [9.17, 15) is 4.79 Å². The van der Waals surface area contributed by atoms with Gasteiger partial charge in [-0.3, -0.25) is 4.79 Å². The van der Waals surface area contributed by atoms with E-state index in [-0.39, 0.29) is 5.91 Å². The van der Waals surface area contributed by atoms with Gasteiger partial charge in [-0.15, -0.1) is 22.9 Å². The molecule has 0 aliphatic heterocycles. The van der Waals surface area contributed by atoms with Crippen LogP contribution in [0, 0.1) is 0 Å². The minimum Gasteiger partial charge on any atom is -0.301 e. The van der Waals surface area contributed by atoms with E-state index in [0.717, 1.165) is 11.3 Å². The summed E-state index contributed by atoms with van der Waals surface area (Å²) in [6.45, 7) is 1.60. The summed E-state index contributed by atoms with van der Waals surface area (Å²) in [6.07, 6.45) is 0. The minimum atomic E-state index is -0.600. The third kappa shape index (κ3) is 3.60. The molecule has 0 aliphatic carbocycles. The number of hydrogen-bond donors (Lipinski definition) is 1. The van der Waals surface area contributed by atoms with Gasteiger partial charge in [0.25, 0.3) is 0 Å². The van der Waals surface area contributed by atoms with Crippen LogP contribution in [0.1, 0.15) is 6.92 Å². The van der Waals surface area contributed by atoms with Gasteiger partial charge >= 0.3 is 0 Å². The molecule has 2 rings (SSSR count). The van der Waals surface area contributed by atoms with Crippen molar-refractivity contribution in [3.63, 3.8) is 0 Å². The van der Waals surface area contributed by atoms with Crippen molar-refractivity contribution in [3.8, 4) is 11.3 Å². The summed E-state index contributed by atoms with van der Waals surface area (Å²) in [5, 5.41) is 5.32. The first kappa shape index (κ1) is 14.6. The number of aromatic nitrogens is 1. The first-order valence-electron chi connectivity index (χ1n) is 5.33. The van der Waals surface area contributed by atoms with E-state index in [0.29, 0.717) is 15.2 Å². The molecule has 1 amide bonds. The van der Waals surface area contributed by atoms with Crippen LogP contribution < -0.4 is 5.32 Å². The fourth-order valence-electron chi connectivity index (χ4n) is 1.32. The van der Waals surface area contributed by atoms with Gasteiger partial charge in [0.05, 0.1) is 15.7 Å². The molecule has 100 valence electrons. The van der Waals surface area contributed by atoms with E-state index in [4.69, 9.17) is 34.8 Å². The number of alkyl halides is 1. The Balaban J connectivity index is 2.21. The van der Waals surface area contributed by atoms with Gasteiger partial charge < -0.3 is 5.32 Å². The van der Waals surface area contributed by atoms with Crippen molar-refractivity contribution < 1.29 is 4.79 Å². The molecule has 1 heterocycles. The average Bonchev–Trinajstić information content (AvgIpc) is 2.81. The molecule has 1 aromatic heterocycles. The highest BCUT2D eigenvalue weighted by Crippen LogP contribution is 2.30. The van der Waals surface area contributed by atoms with E-state index in [1.165, 1.54) is 11.3 Å². The Kier molecular flexibility index (Phi) is 4.68. The SMILES string of the molecule is C[C@@H](Cl)C(=O)Nc1nc(-c2ccc(Cl)c(Cl)c2)cs1. The first-order chi connectivity index (χ1) is 8.97. The molecule has 0 saturated carbocycles. The maximum Gasteiger partial charge on any atom is 0.243 e. The second-order valence-electron chi connectivity index (χ2n) is 3.77. The first-order valence-corrected chi connectivity index (χ1v) is 7.40. The molecule has 0 saturated heterocycles. The van der Waals surface area contributed by atoms with Crippen molar-refractivity contribution >= 4 is 57.2 Å². The molecular formula is C12H9Cl3N2OS. The highest BCUT2D eigenvalue weighted by Gasteiger charge is 2.12. The van der Waals surface area contributed by atoms with E-state index in [1.807, 2.05) is 11.4 Å². The topological polar surface area (TPSA) is 42.0 Å². The standard InChI is InChI=1S/C12H9Cl3N2OS/c1-6(13)11(18)17-12-16-10(5-19-12)7-2-3-8(14)9(15)4-7/h2-6H,1H3,(H,16,17,18)/t6-/m1/s1. The van der Waals surface area contributed by atoms with Gasteiger partial charge in [-0.25, -0.2) is 4.98 Å². The summed E-state index contributed by atoms with van der Waals surface area (Å²) < 4.78 is 0. The van der Waals surface area contributed by atoms with Crippen LogP contribution in [0.15, 0.2) is 23.6 Å². The predicted molar refractivity (Wildman–Crippen MR) is 81.5 cm³/mol. The lowest BCUT2D eigenvalue weighted by atomic mass is 10.2. The van der Waals surface area contributed by atoms with Crippen LogP contribution in [0.5, 0.6) is 0 Å². The summed E-state index contributed by atoms with van der Waals surface area (Å²) in [4.78, 5) is 15.7. The molecule has 1 aromatic carbocycles. The molecule has 0 aliphatic rings. The number of hydrogen-bond acceptors (Lipinski definition) is 3. The van der Waals surface area contributed by atoms with Gasteiger partial charge in [0.2, 0.25) is 5.91 Å². The van der Waals surface area contributed by atoms with Gasteiger partial charge in [0.1, 0.15) is 5.38 Å². The van der Waals surface area contributed by atoms with E-state index < -0.39 is 5.38 Å². The average molecular weight is 336 g/mol. The summed E-state index contributed by atoms with van der Waals surface area (Å²) in [5.74, 6) is -0.281. The third-order valence-corrected chi connectivity index (χ3v) is 4.01. The number of nitrogens with zero attached hydrogens (tertiary/aromatic N) is 1. The number of carbonyl (C=O) groups excluding carboxylic acids is 1. The fourth-order valence-corrected chi connectivity index (χ4v) is 2.40. The molecule has 7 heteroatoms. The summed E-state index contributed by atoms with van der Waals surface area (Å²) in [5.41, 5.74) is 1.56. The number of nitrogens with one attached hydrogen (secondary N) is 1. The largest absolute Gasteiger partial charge is 0.301 e. The lowest BCUT2D eigenvalue weighted by Gasteiger charge is -2.02. The highest BCUT2D eigenvalue weighted by atomic mass is 35.5. The molecule has 2 aromatic rings. The molecular weight excluding hydrogens is 327 g/mol.